The standard InChI is InChI=1S/C11H11ClN4O3/c1-6-14-9(19-16-6)4-5-13-10-7(11(17)18)2-3-8(12)15-10/h2-3H,4-5H2,1H3,(H,13,15)(H,17,18). The van der Waals surface area contributed by atoms with Crippen LogP contribution in [0.1, 0.15) is 22.1 Å². The van der Waals surface area contributed by atoms with Crippen LogP contribution in [0.4, 0.5) is 5.82 Å². The van der Waals surface area contributed by atoms with Crippen LogP contribution in [0.15, 0.2) is 16.7 Å². The normalized spacial score (nSPS) is 10.4. The zero-order valence-corrected chi connectivity index (χ0v) is 10.8. The van der Waals surface area contributed by atoms with E-state index in [1.54, 1.807) is 6.92 Å². The average Bonchev–Trinajstić information content (AvgIpc) is 2.75. The van der Waals surface area contributed by atoms with Gasteiger partial charge in [-0.3, -0.25) is 0 Å². The van der Waals surface area contributed by atoms with Crippen molar-refractivity contribution in [3.8, 4) is 0 Å². The van der Waals surface area contributed by atoms with Gasteiger partial charge in [0, 0.05) is 13.0 Å². The van der Waals surface area contributed by atoms with Crippen molar-refractivity contribution in [2.24, 2.45) is 0 Å². The summed E-state index contributed by atoms with van der Waals surface area (Å²) in [6.45, 7) is 2.14. The van der Waals surface area contributed by atoms with E-state index in [-0.39, 0.29) is 16.5 Å². The van der Waals surface area contributed by atoms with Crippen molar-refractivity contribution in [3.63, 3.8) is 0 Å². The van der Waals surface area contributed by atoms with Crippen LogP contribution in [0.3, 0.4) is 0 Å². The van der Waals surface area contributed by atoms with Crippen LogP contribution in [0, 0.1) is 6.92 Å². The summed E-state index contributed by atoms with van der Waals surface area (Å²) >= 11 is 5.74. The molecule has 0 radical (unpaired) electrons. The highest BCUT2D eigenvalue weighted by atomic mass is 35.5. The zero-order valence-electron chi connectivity index (χ0n) is 10.1. The van der Waals surface area contributed by atoms with Gasteiger partial charge in [-0.1, -0.05) is 16.8 Å². The van der Waals surface area contributed by atoms with Crippen molar-refractivity contribution in [1.29, 1.82) is 0 Å². The molecule has 0 saturated heterocycles. The van der Waals surface area contributed by atoms with E-state index in [9.17, 15) is 4.79 Å². The highest BCUT2D eigenvalue weighted by molar-refractivity contribution is 6.29. The topological polar surface area (TPSA) is 101 Å². The number of aromatic carboxylic acids is 1. The number of anilines is 1. The number of halogens is 1. The summed E-state index contributed by atoms with van der Waals surface area (Å²) in [5.41, 5.74) is 0.0612. The Bertz CT molecular complexity index is 599. The van der Waals surface area contributed by atoms with E-state index in [1.807, 2.05) is 0 Å². The molecule has 0 aromatic carbocycles. The van der Waals surface area contributed by atoms with Crippen molar-refractivity contribution in [3.05, 3.63) is 34.6 Å². The first-order valence-corrected chi connectivity index (χ1v) is 5.87. The molecule has 0 amide bonds. The minimum absolute atomic E-state index is 0.0612. The molecule has 0 fully saturated rings. The molecule has 0 saturated carbocycles. The Balaban J connectivity index is 2.02. The molecule has 8 heteroatoms. The van der Waals surface area contributed by atoms with Gasteiger partial charge in [0.25, 0.3) is 0 Å². The van der Waals surface area contributed by atoms with Gasteiger partial charge in [0.1, 0.15) is 16.5 Å². The Morgan fingerprint density at radius 3 is 2.89 bits per heavy atom. The second-order valence-corrected chi connectivity index (χ2v) is 4.13. The van der Waals surface area contributed by atoms with Crippen LogP contribution in [0.25, 0.3) is 0 Å². The highest BCUT2D eigenvalue weighted by Crippen LogP contribution is 2.16. The van der Waals surface area contributed by atoms with Gasteiger partial charge >= 0.3 is 5.97 Å². The summed E-state index contributed by atoms with van der Waals surface area (Å²) in [5, 5.41) is 15.8. The fourth-order valence-electron chi connectivity index (χ4n) is 1.47. The smallest absolute Gasteiger partial charge is 0.339 e. The molecule has 0 bridgehead atoms. The quantitative estimate of drug-likeness (QED) is 0.806. The molecule has 0 aliphatic rings. The first-order valence-electron chi connectivity index (χ1n) is 5.49. The minimum Gasteiger partial charge on any atom is -0.478 e. The predicted molar refractivity (Wildman–Crippen MR) is 67.4 cm³/mol. The summed E-state index contributed by atoms with van der Waals surface area (Å²) in [6, 6.07) is 2.83. The molecule has 0 unspecified atom stereocenters. The van der Waals surface area contributed by atoms with Crippen molar-refractivity contribution in [1.82, 2.24) is 15.1 Å². The molecule has 2 heterocycles. The van der Waals surface area contributed by atoms with Crippen molar-refractivity contribution >= 4 is 23.4 Å². The molecule has 0 aliphatic carbocycles. The van der Waals surface area contributed by atoms with Crippen LogP contribution in [0.5, 0.6) is 0 Å². The zero-order chi connectivity index (χ0) is 13.8. The summed E-state index contributed by atoms with van der Waals surface area (Å²) in [5.74, 6) is 0.183. The summed E-state index contributed by atoms with van der Waals surface area (Å²) < 4.78 is 4.94. The van der Waals surface area contributed by atoms with Crippen LogP contribution in [0.2, 0.25) is 5.15 Å². The molecule has 2 rings (SSSR count). The lowest BCUT2D eigenvalue weighted by atomic mass is 10.2. The van der Waals surface area contributed by atoms with Crippen LogP contribution in [-0.2, 0) is 6.42 Å². The Labute approximate surface area is 113 Å². The number of carboxylic acids is 1. The molecule has 19 heavy (non-hydrogen) atoms. The molecule has 100 valence electrons. The lowest BCUT2D eigenvalue weighted by Gasteiger charge is -2.07. The lowest BCUT2D eigenvalue weighted by Crippen LogP contribution is -2.11. The molecule has 2 aromatic rings. The van der Waals surface area contributed by atoms with Gasteiger partial charge in [-0.05, 0) is 19.1 Å². The third-order valence-corrected chi connectivity index (χ3v) is 2.50. The van der Waals surface area contributed by atoms with E-state index >= 15 is 0 Å². The number of carboxylic acid groups (broad SMARTS) is 1. The Morgan fingerprint density at radius 1 is 1.47 bits per heavy atom. The van der Waals surface area contributed by atoms with Gasteiger partial charge in [0.2, 0.25) is 5.89 Å². The number of aryl methyl sites for hydroxylation is 1. The Hall–Kier alpha value is -2.15. The molecule has 2 aromatic heterocycles. The number of nitrogens with zero attached hydrogens (tertiary/aromatic N) is 3. The maximum atomic E-state index is 11.0. The number of hydrogen-bond donors (Lipinski definition) is 2. The minimum atomic E-state index is -1.07. The average molecular weight is 283 g/mol. The maximum absolute atomic E-state index is 11.0. The predicted octanol–water partition coefficient (Wildman–Crippen LogP) is 1.78. The second kappa shape index (κ2) is 5.66. The van der Waals surface area contributed by atoms with Gasteiger partial charge < -0.3 is 14.9 Å². The lowest BCUT2D eigenvalue weighted by molar-refractivity contribution is 0.0697. The van der Waals surface area contributed by atoms with Crippen LogP contribution >= 0.6 is 11.6 Å². The summed E-state index contributed by atoms with van der Waals surface area (Å²) in [6.07, 6.45) is 0.466. The van der Waals surface area contributed by atoms with Gasteiger partial charge in [-0.2, -0.15) is 4.98 Å². The van der Waals surface area contributed by atoms with Crippen molar-refractivity contribution in [2.45, 2.75) is 13.3 Å². The number of aromatic nitrogens is 3. The molecule has 2 N–H and O–H groups in total. The number of carbonyl (C=O) groups is 1. The Kier molecular flexibility index (Phi) is 3.96. The molecular weight excluding hydrogens is 272 g/mol. The summed E-state index contributed by atoms with van der Waals surface area (Å²) in [4.78, 5) is 19.0. The first kappa shape index (κ1) is 13.3. The SMILES string of the molecule is Cc1noc(CCNc2nc(Cl)ccc2C(=O)O)n1. The molecule has 0 aliphatic heterocycles. The third-order valence-electron chi connectivity index (χ3n) is 2.29. The maximum Gasteiger partial charge on any atom is 0.339 e. The third kappa shape index (κ3) is 3.41. The van der Waals surface area contributed by atoms with E-state index in [1.165, 1.54) is 12.1 Å². The van der Waals surface area contributed by atoms with E-state index in [4.69, 9.17) is 21.2 Å². The largest absolute Gasteiger partial charge is 0.478 e. The monoisotopic (exact) mass is 282 g/mol. The van der Waals surface area contributed by atoms with Crippen LogP contribution < -0.4 is 5.32 Å². The number of hydrogen-bond acceptors (Lipinski definition) is 6. The first-order chi connectivity index (χ1) is 9.06. The van der Waals surface area contributed by atoms with E-state index in [0.29, 0.717) is 24.7 Å². The van der Waals surface area contributed by atoms with Gasteiger partial charge in [-0.25, -0.2) is 9.78 Å². The number of rotatable bonds is 5. The number of pyridine rings is 1. The fourth-order valence-corrected chi connectivity index (χ4v) is 1.62. The fraction of sp³-hybridized carbons (Fsp3) is 0.273. The van der Waals surface area contributed by atoms with Crippen molar-refractivity contribution < 1.29 is 14.4 Å². The van der Waals surface area contributed by atoms with Gasteiger partial charge in [-0.15, -0.1) is 0 Å². The Morgan fingerprint density at radius 2 is 2.26 bits per heavy atom. The van der Waals surface area contributed by atoms with E-state index in [2.05, 4.69) is 20.4 Å². The molecular formula is C11H11ClN4O3. The highest BCUT2D eigenvalue weighted by Gasteiger charge is 2.12. The molecule has 7 nitrogen and oxygen atoms in total. The number of nitrogens with one attached hydrogen (secondary N) is 1. The second-order valence-electron chi connectivity index (χ2n) is 3.75. The van der Waals surface area contributed by atoms with E-state index in [0.717, 1.165) is 0 Å². The van der Waals surface area contributed by atoms with Gasteiger partial charge in [0.15, 0.2) is 5.82 Å². The van der Waals surface area contributed by atoms with Crippen molar-refractivity contribution in [2.75, 3.05) is 11.9 Å². The van der Waals surface area contributed by atoms with Crippen LogP contribution in [-0.4, -0.2) is 32.7 Å². The molecule has 0 atom stereocenters. The molecule has 0 spiro atoms. The summed E-state index contributed by atoms with van der Waals surface area (Å²) in [7, 11) is 0. The van der Waals surface area contributed by atoms with E-state index < -0.39 is 5.97 Å². The van der Waals surface area contributed by atoms with Gasteiger partial charge in [0.05, 0.1) is 0 Å².